The second kappa shape index (κ2) is 5.55. The van der Waals surface area contributed by atoms with Gasteiger partial charge in [-0.05, 0) is 28.9 Å². The lowest BCUT2D eigenvalue weighted by atomic mass is 10.3. The van der Waals surface area contributed by atoms with Crippen LogP contribution in [-0.4, -0.2) is 22.5 Å². The molecule has 0 fully saturated rings. The van der Waals surface area contributed by atoms with Gasteiger partial charge in [-0.2, -0.15) is 9.37 Å². The van der Waals surface area contributed by atoms with Gasteiger partial charge in [0.2, 0.25) is 5.95 Å². The summed E-state index contributed by atoms with van der Waals surface area (Å²) in [7, 11) is 0. The number of anilines is 1. The molecule has 1 heterocycles. The Kier molecular flexibility index (Phi) is 4.36. The van der Waals surface area contributed by atoms with Crippen molar-refractivity contribution >= 4 is 33.8 Å². The molecular weight excluding hydrogens is 281 g/mol. The summed E-state index contributed by atoms with van der Waals surface area (Å²) in [5.41, 5.74) is 5.61. The highest BCUT2D eigenvalue weighted by molar-refractivity contribution is 9.10. The first kappa shape index (κ1) is 12.6. The first-order chi connectivity index (χ1) is 7.54. The Morgan fingerprint density at radius 2 is 2.31 bits per heavy atom. The predicted octanol–water partition coefficient (Wildman–Crippen LogP) is 1.54. The maximum Gasteiger partial charge on any atom is 0.330 e. The van der Waals surface area contributed by atoms with Crippen LogP contribution >= 0.6 is 15.9 Å². The summed E-state index contributed by atoms with van der Waals surface area (Å²) in [4.78, 5) is 18.2. The molecule has 0 aliphatic heterocycles. The maximum absolute atomic E-state index is 12.9. The van der Waals surface area contributed by atoms with Crippen molar-refractivity contribution in [3.8, 4) is 0 Å². The van der Waals surface area contributed by atoms with Crippen molar-refractivity contribution in [3.05, 3.63) is 22.3 Å². The van der Waals surface area contributed by atoms with E-state index in [0.29, 0.717) is 0 Å². The van der Waals surface area contributed by atoms with Crippen LogP contribution in [-0.2, 0) is 9.53 Å². The number of carbonyl (C=O) groups excluding carboxylic acids is 1. The minimum atomic E-state index is -0.800. The number of aromatic nitrogens is 2. The Labute approximate surface area is 99.7 Å². The van der Waals surface area contributed by atoms with E-state index in [2.05, 4.69) is 30.6 Å². The van der Waals surface area contributed by atoms with E-state index in [0.717, 1.165) is 6.08 Å². The van der Waals surface area contributed by atoms with Crippen LogP contribution in [0.15, 0.2) is 10.7 Å². The fraction of sp³-hybridized carbons (Fsp3) is 0.222. The van der Waals surface area contributed by atoms with Crippen LogP contribution < -0.4 is 5.73 Å². The topological polar surface area (TPSA) is 78.1 Å². The molecule has 1 aromatic rings. The van der Waals surface area contributed by atoms with E-state index in [1.165, 1.54) is 6.08 Å². The van der Waals surface area contributed by atoms with Gasteiger partial charge in [0.05, 0.1) is 6.61 Å². The monoisotopic (exact) mass is 289 g/mol. The number of carbonyl (C=O) groups is 1. The average Bonchev–Trinajstić information content (AvgIpc) is 2.22. The third-order valence-electron chi connectivity index (χ3n) is 1.53. The molecule has 0 saturated carbocycles. The van der Waals surface area contributed by atoms with Crippen LogP contribution in [0.3, 0.4) is 0 Å². The highest BCUT2D eigenvalue weighted by Crippen LogP contribution is 2.15. The van der Waals surface area contributed by atoms with Crippen LogP contribution in [0.1, 0.15) is 12.6 Å². The van der Waals surface area contributed by atoms with Gasteiger partial charge in [-0.1, -0.05) is 0 Å². The molecule has 0 spiro atoms. The molecular formula is C9H9BrFN3O2. The summed E-state index contributed by atoms with van der Waals surface area (Å²) in [6, 6.07) is 0. The summed E-state index contributed by atoms with van der Waals surface area (Å²) in [6.07, 6.45) is 2.46. The van der Waals surface area contributed by atoms with E-state index in [-0.39, 0.29) is 22.7 Å². The van der Waals surface area contributed by atoms with Gasteiger partial charge in [0.15, 0.2) is 10.4 Å². The second-order valence-electron chi connectivity index (χ2n) is 2.66. The molecule has 5 nitrogen and oxygen atoms in total. The van der Waals surface area contributed by atoms with Crippen LogP contribution in [0.25, 0.3) is 6.08 Å². The highest BCUT2D eigenvalue weighted by Gasteiger charge is 2.07. The van der Waals surface area contributed by atoms with Crippen molar-refractivity contribution in [2.45, 2.75) is 6.92 Å². The van der Waals surface area contributed by atoms with Crippen molar-refractivity contribution < 1.29 is 13.9 Å². The molecule has 2 N–H and O–H groups in total. The molecule has 86 valence electrons. The molecule has 0 amide bonds. The molecule has 0 saturated heterocycles. The van der Waals surface area contributed by atoms with E-state index in [1.54, 1.807) is 6.92 Å². The van der Waals surface area contributed by atoms with Gasteiger partial charge in [0.25, 0.3) is 0 Å². The van der Waals surface area contributed by atoms with Crippen molar-refractivity contribution in [1.82, 2.24) is 9.97 Å². The number of esters is 1. The average molecular weight is 290 g/mol. The molecule has 16 heavy (non-hydrogen) atoms. The van der Waals surface area contributed by atoms with Gasteiger partial charge in [-0.15, -0.1) is 0 Å². The summed E-state index contributed by atoms with van der Waals surface area (Å²) >= 11 is 2.86. The molecule has 1 rings (SSSR count). The molecule has 0 bridgehead atoms. The SMILES string of the molecule is CCOC(=O)C=Cc1nc(Br)c(F)nc1N. The largest absolute Gasteiger partial charge is 0.463 e. The lowest BCUT2D eigenvalue weighted by molar-refractivity contribution is -0.137. The van der Waals surface area contributed by atoms with Crippen LogP contribution in [0.4, 0.5) is 10.2 Å². The Balaban J connectivity index is 2.89. The first-order valence-corrected chi connectivity index (χ1v) is 5.17. The van der Waals surface area contributed by atoms with Gasteiger partial charge in [0.1, 0.15) is 5.69 Å². The minimum Gasteiger partial charge on any atom is -0.463 e. The standard InChI is InChI=1S/C9H9BrFN3O2/c1-2-16-6(15)4-3-5-9(12)14-8(11)7(10)13-5/h3-4H,2H2,1H3,(H2,12,14). The molecule has 0 atom stereocenters. The summed E-state index contributed by atoms with van der Waals surface area (Å²) in [5, 5.41) is 0. The Morgan fingerprint density at radius 1 is 1.62 bits per heavy atom. The number of ether oxygens (including phenoxy) is 1. The molecule has 0 aliphatic rings. The lowest BCUT2D eigenvalue weighted by Gasteiger charge is -2.00. The zero-order valence-electron chi connectivity index (χ0n) is 8.41. The molecule has 7 heteroatoms. The number of hydrogen-bond donors (Lipinski definition) is 1. The number of halogens is 2. The summed E-state index contributed by atoms with van der Waals surface area (Å²) in [6.45, 7) is 1.96. The van der Waals surface area contributed by atoms with Gasteiger partial charge in [0, 0.05) is 6.08 Å². The molecule has 1 aromatic heterocycles. The van der Waals surface area contributed by atoms with Crippen LogP contribution in [0, 0.1) is 5.95 Å². The highest BCUT2D eigenvalue weighted by atomic mass is 79.9. The smallest absolute Gasteiger partial charge is 0.330 e. The van der Waals surface area contributed by atoms with Crippen molar-refractivity contribution in [1.29, 1.82) is 0 Å². The minimum absolute atomic E-state index is 0.0646. The van der Waals surface area contributed by atoms with Crippen molar-refractivity contribution in [3.63, 3.8) is 0 Å². The molecule has 0 radical (unpaired) electrons. The normalized spacial score (nSPS) is 10.7. The number of hydrogen-bond acceptors (Lipinski definition) is 5. The fourth-order valence-electron chi connectivity index (χ4n) is 0.878. The zero-order valence-corrected chi connectivity index (χ0v) is 9.99. The fourth-order valence-corrected chi connectivity index (χ4v) is 1.16. The quantitative estimate of drug-likeness (QED) is 0.674. The predicted molar refractivity (Wildman–Crippen MR) is 59.8 cm³/mol. The molecule has 0 aromatic carbocycles. The lowest BCUT2D eigenvalue weighted by Crippen LogP contribution is -2.02. The molecule has 0 unspecified atom stereocenters. The third-order valence-corrected chi connectivity index (χ3v) is 2.04. The Hall–Kier alpha value is -1.50. The van der Waals surface area contributed by atoms with Gasteiger partial charge in [-0.3, -0.25) is 0 Å². The Morgan fingerprint density at radius 3 is 2.94 bits per heavy atom. The summed E-state index contributed by atoms with van der Waals surface area (Å²) in [5.74, 6) is -1.42. The van der Waals surface area contributed by atoms with E-state index < -0.39 is 11.9 Å². The second-order valence-corrected chi connectivity index (χ2v) is 3.41. The van der Waals surface area contributed by atoms with E-state index >= 15 is 0 Å². The van der Waals surface area contributed by atoms with E-state index in [9.17, 15) is 9.18 Å². The Bertz CT molecular complexity index is 437. The van der Waals surface area contributed by atoms with Gasteiger partial charge >= 0.3 is 5.97 Å². The van der Waals surface area contributed by atoms with Crippen molar-refractivity contribution in [2.75, 3.05) is 12.3 Å². The maximum atomic E-state index is 12.9. The molecule has 0 aliphatic carbocycles. The van der Waals surface area contributed by atoms with Crippen molar-refractivity contribution in [2.24, 2.45) is 0 Å². The van der Waals surface area contributed by atoms with Crippen LogP contribution in [0.2, 0.25) is 0 Å². The zero-order chi connectivity index (χ0) is 12.1. The summed E-state index contributed by atoms with van der Waals surface area (Å²) < 4.78 is 17.5. The third kappa shape index (κ3) is 3.27. The number of nitrogen functional groups attached to an aromatic ring is 1. The van der Waals surface area contributed by atoms with E-state index in [1.807, 2.05) is 0 Å². The van der Waals surface area contributed by atoms with Gasteiger partial charge in [-0.25, -0.2) is 9.78 Å². The van der Waals surface area contributed by atoms with Gasteiger partial charge < -0.3 is 10.5 Å². The number of nitrogens with two attached hydrogens (primary N) is 1. The number of rotatable bonds is 3. The first-order valence-electron chi connectivity index (χ1n) is 4.38. The number of nitrogens with zero attached hydrogens (tertiary/aromatic N) is 2. The van der Waals surface area contributed by atoms with E-state index in [4.69, 9.17) is 5.73 Å². The van der Waals surface area contributed by atoms with Crippen LogP contribution in [0.5, 0.6) is 0 Å².